The number of halogens is 2. The molecule has 2 rings (SSSR count). The molecule has 0 amide bonds. The first-order valence-electron chi connectivity index (χ1n) is 5.67. The normalized spacial score (nSPS) is 17.2. The summed E-state index contributed by atoms with van der Waals surface area (Å²) in [5, 5.41) is 4.01. The Morgan fingerprint density at radius 3 is 2.94 bits per heavy atom. The highest BCUT2D eigenvalue weighted by atomic mass is 79.9. The largest absolute Gasteiger partial charge is 0.496 e. The molecule has 92 valence electrons. The van der Waals surface area contributed by atoms with Gasteiger partial charge in [0.05, 0.1) is 12.6 Å². The molecule has 1 atom stereocenters. The molecule has 0 radical (unpaired) electrons. The van der Waals surface area contributed by atoms with Gasteiger partial charge < -0.3 is 10.1 Å². The van der Waals surface area contributed by atoms with Crippen LogP contribution in [0.3, 0.4) is 0 Å². The Balaban J connectivity index is 2.34. The van der Waals surface area contributed by atoms with Crippen LogP contribution in [0, 0.1) is 0 Å². The third-order valence-electron chi connectivity index (χ3n) is 2.80. The van der Waals surface area contributed by atoms with Crippen molar-refractivity contribution in [1.29, 1.82) is 0 Å². The van der Waals surface area contributed by atoms with Crippen molar-refractivity contribution >= 4 is 27.5 Å². The number of nitrogens with one attached hydrogen (secondary N) is 1. The molecule has 1 aromatic carbocycles. The minimum atomic E-state index is 0.0281. The Morgan fingerprint density at radius 1 is 1.47 bits per heavy atom. The van der Waals surface area contributed by atoms with Crippen molar-refractivity contribution in [2.45, 2.75) is 18.9 Å². The maximum absolute atomic E-state index is 6.25. The number of hydrogen-bond acceptors (Lipinski definition) is 2. The average molecular weight is 317 g/mol. The molecule has 0 saturated heterocycles. The molecule has 1 aliphatic heterocycles. The number of rotatable bonds is 3. The molecule has 0 saturated carbocycles. The summed E-state index contributed by atoms with van der Waals surface area (Å²) in [6.45, 7) is 0.787. The molecule has 0 fully saturated rings. The average Bonchev–Trinajstić information content (AvgIpc) is 2.36. The molecule has 4 heteroatoms. The van der Waals surface area contributed by atoms with Gasteiger partial charge in [0.25, 0.3) is 0 Å². The zero-order chi connectivity index (χ0) is 12.3. The Hall–Kier alpha value is -0.510. The van der Waals surface area contributed by atoms with Crippen LogP contribution in [0.15, 0.2) is 34.5 Å². The Kier molecular flexibility index (Phi) is 4.48. The van der Waals surface area contributed by atoms with Gasteiger partial charge in [0.1, 0.15) is 5.76 Å². The van der Waals surface area contributed by atoms with E-state index in [9.17, 15) is 0 Å². The zero-order valence-electron chi connectivity index (χ0n) is 9.67. The lowest BCUT2D eigenvalue weighted by molar-refractivity contribution is 0.169. The minimum absolute atomic E-state index is 0.0281. The van der Waals surface area contributed by atoms with Gasteiger partial charge in [-0.2, -0.15) is 0 Å². The van der Waals surface area contributed by atoms with Crippen LogP contribution >= 0.6 is 27.5 Å². The molecule has 1 heterocycles. The van der Waals surface area contributed by atoms with Gasteiger partial charge in [-0.15, -0.1) is 0 Å². The second kappa shape index (κ2) is 5.89. The fourth-order valence-electron chi connectivity index (χ4n) is 1.96. The van der Waals surface area contributed by atoms with Crippen molar-refractivity contribution in [2.75, 3.05) is 13.7 Å². The predicted octanol–water partition coefficient (Wildman–Crippen LogP) is 4.06. The summed E-state index contributed by atoms with van der Waals surface area (Å²) in [6.07, 6.45) is 4.30. The van der Waals surface area contributed by atoms with Gasteiger partial charge in [0.15, 0.2) is 0 Å². The second-order valence-corrected chi connectivity index (χ2v) is 5.31. The standard InChI is InChI=1S/C13H15BrClNO/c1-16-13(12-4-2-3-7-17-12)10-8-9(14)5-6-11(10)15/h4-6,8,13,16H,2-3,7H2,1H3. The van der Waals surface area contributed by atoms with Crippen LogP contribution in [-0.2, 0) is 4.74 Å². The fourth-order valence-corrected chi connectivity index (χ4v) is 2.57. The molecule has 1 unspecified atom stereocenters. The van der Waals surface area contributed by atoms with Gasteiger partial charge in [0, 0.05) is 9.50 Å². The highest BCUT2D eigenvalue weighted by Crippen LogP contribution is 2.32. The first kappa shape index (κ1) is 12.9. The summed E-state index contributed by atoms with van der Waals surface area (Å²) in [5.74, 6) is 0.971. The quantitative estimate of drug-likeness (QED) is 0.908. The maximum atomic E-state index is 6.25. The smallest absolute Gasteiger partial charge is 0.113 e. The molecule has 17 heavy (non-hydrogen) atoms. The van der Waals surface area contributed by atoms with E-state index in [4.69, 9.17) is 16.3 Å². The highest BCUT2D eigenvalue weighted by Gasteiger charge is 2.20. The van der Waals surface area contributed by atoms with Gasteiger partial charge in [0.2, 0.25) is 0 Å². The number of hydrogen-bond donors (Lipinski definition) is 1. The van der Waals surface area contributed by atoms with Crippen molar-refractivity contribution in [3.05, 3.63) is 45.1 Å². The van der Waals surface area contributed by atoms with Gasteiger partial charge in [-0.25, -0.2) is 0 Å². The van der Waals surface area contributed by atoms with Crippen LogP contribution in [0.1, 0.15) is 24.4 Å². The van der Waals surface area contributed by atoms with E-state index in [2.05, 4.69) is 27.3 Å². The summed E-state index contributed by atoms with van der Waals surface area (Å²) in [4.78, 5) is 0. The van der Waals surface area contributed by atoms with E-state index in [1.54, 1.807) is 0 Å². The molecular formula is C13H15BrClNO. The van der Waals surface area contributed by atoms with E-state index in [-0.39, 0.29) is 6.04 Å². The van der Waals surface area contributed by atoms with Crippen LogP contribution in [-0.4, -0.2) is 13.7 Å². The summed E-state index contributed by atoms with van der Waals surface area (Å²) in [5.41, 5.74) is 1.04. The number of ether oxygens (including phenoxy) is 1. The Labute approximate surface area is 115 Å². The lowest BCUT2D eigenvalue weighted by atomic mass is 10.0. The third-order valence-corrected chi connectivity index (χ3v) is 3.64. The van der Waals surface area contributed by atoms with Gasteiger partial charge >= 0.3 is 0 Å². The Morgan fingerprint density at radius 2 is 2.29 bits per heavy atom. The van der Waals surface area contributed by atoms with Crippen LogP contribution in [0.25, 0.3) is 0 Å². The molecule has 1 aromatic rings. The Bertz CT molecular complexity index is 433. The number of allylic oxidation sites excluding steroid dienone is 1. The van der Waals surface area contributed by atoms with E-state index in [0.717, 1.165) is 40.3 Å². The van der Waals surface area contributed by atoms with E-state index in [1.165, 1.54) is 0 Å². The van der Waals surface area contributed by atoms with Crippen molar-refractivity contribution < 1.29 is 4.74 Å². The van der Waals surface area contributed by atoms with E-state index in [0.29, 0.717) is 0 Å². The predicted molar refractivity (Wildman–Crippen MR) is 74.2 cm³/mol. The van der Waals surface area contributed by atoms with Gasteiger partial charge in [-0.1, -0.05) is 27.5 Å². The molecule has 0 bridgehead atoms. The molecule has 0 aromatic heterocycles. The van der Waals surface area contributed by atoms with E-state index < -0.39 is 0 Å². The summed E-state index contributed by atoms with van der Waals surface area (Å²) in [6, 6.07) is 5.89. The monoisotopic (exact) mass is 315 g/mol. The van der Waals surface area contributed by atoms with E-state index >= 15 is 0 Å². The van der Waals surface area contributed by atoms with Crippen molar-refractivity contribution in [1.82, 2.24) is 5.32 Å². The molecule has 0 spiro atoms. The fraction of sp³-hybridized carbons (Fsp3) is 0.385. The lowest BCUT2D eigenvalue weighted by Crippen LogP contribution is -2.22. The molecule has 1 aliphatic rings. The van der Waals surface area contributed by atoms with Crippen LogP contribution in [0.2, 0.25) is 5.02 Å². The first-order chi connectivity index (χ1) is 8.22. The maximum Gasteiger partial charge on any atom is 0.113 e. The second-order valence-electron chi connectivity index (χ2n) is 3.98. The van der Waals surface area contributed by atoms with Crippen molar-refractivity contribution in [3.8, 4) is 0 Å². The van der Waals surface area contributed by atoms with Gasteiger partial charge in [-0.3, -0.25) is 0 Å². The van der Waals surface area contributed by atoms with Crippen LogP contribution in [0.4, 0.5) is 0 Å². The number of benzene rings is 1. The SMILES string of the molecule is CNC(C1=CCCCO1)c1cc(Br)ccc1Cl. The van der Waals surface area contributed by atoms with Gasteiger partial charge in [-0.05, 0) is 49.7 Å². The molecule has 1 N–H and O–H groups in total. The van der Waals surface area contributed by atoms with Crippen molar-refractivity contribution in [2.24, 2.45) is 0 Å². The first-order valence-corrected chi connectivity index (χ1v) is 6.84. The van der Waals surface area contributed by atoms with Crippen LogP contribution in [0.5, 0.6) is 0 Å². The zero-order valence-corrected chi connectivity index (χ0v) is 12.0. The summed E-state index contributed by atoms with van der Waals surface area (Å²) < 4.78 is 6.73. The van der Waals surface area contributed by atoms with Crippen LogP contribution < -0.4 is 5.32 Å². The van der Waals surface area contributed by atoms with E-state index in [1.807, 2.05) is 25.2 Å². The van der Waals surface area contributed by atoms with Crippen molar-refractivity contribution in [3.63, 3.8) is 0 Å². The molecule has 2 nitrogen and oxygen atoms in total. The topological polar surface area (TPSA) is 21.3 Å². The number of likely N-dealkylation sites (N-methyl/N-ethyl adjacent to an activating group) is 1. The molecule has 0 aliphatic carbocycles. The highest BCUT2D eigenvalue weighted by molar-refractivity contribution is 9.10. The summed E-state index contributed by atoms with van der Waals surface area (Å²) in [7, 11) is 1.92. The lowest BCUT2D eigenvalue weighted by Gasteiger charge is -2.24. The summed E-state index contributed by atoms with van der Waals surface area (Å²) >= 11 is 9.72. The minimum Gasteiger partial charge on any atom is -0.496 e. The third kappa shape index (κ3) is 3.03. The molecular weight excluding hydrogens is 302 g/mol.